The highest BCUT2D eigenvalue weighted by Crippen LogP contribution is 2.25. The number of carbonyl (C=O) groups is 1. The van der Waals surface area contributed by atoms with E-state index in [1.54, 1.807) is 0 Å². The minimum absolute atomic E-state index is 0.0471. The van der Waals surface area contributed by atoms with Crippen molar-refractivity contribution >= 4 is 11.7 Å². The van der Waals surface area contributed by atoms with E-state index in [0.29, 0.717) is 13.2 Å². The van der Waals surface area contributed by atoms with Gasteiger partial charge >= 0.3 is 5.97 Å². The van der Waals surface area contributed by atoms with Crippen LogP contribution in [0, 0.1) is 10.1 Å². The quantitative estimate of drug-likeness (QED) is 0.630. The number of nitro benzene ring substituents is 1. The third kappa shape index (κ3) is 3.45. The summed E-state index contributed by atoms with van der Waals surface area (Å²) in [5.74, 6) is -1.11. The highest BCUT2D eigenvalue weighted by Gasteiger charge is 2.17. The molecule has 7 heteroatoms. The molecule has 1 aliphatic rings. The first kappa shape index (κ1) is 14.3. The van der Waals surface area contributed by atoms with E-state index in [4.69, 9.17) is 9.84 Å². The van der Waals surface area contributed by atoms with E-state index in [2.05, 4.69) is 4.90 Å². The van der Waals surface area contributed by atoms with Gasteiger partial charge in [-0.3, -0.25) is 15.0 Å². The van der Waals surface area contributed by atoms with Crippen molar-refractivity contribution in [2.45, 2.75) is 12.8 Å². The highest BCUT2D eigenvalue weighted by molar-refractivity contribution is 5.91. The zero-order chi connectivity index (χ0) is 14.5. The maximum atomic E-state index is 11.1. The van der Waals surface area contributed by atoms with Crippen molar-refractivity contribution in [1.82, 2.24) is 4.90 Å². The van der Waals surface area contributed by atoms with Crippen molar-refractivity contribution in [3.63, 3.8) is 0 Å². The van der Waals surface area contributed by atoms with Crippen LogP contribution < -0.4 is 4.74 Å². The number of non-ortho nitro benzene ring substituents is 1. The van der Waals surface area contributed by atoms with Gasteiger partial charge in [-0.25, -0.2) is 4.79 Å². The number of nitro groups is 1. The van der Waals surface area contributed by atoms with Crippen molar-refractivity contribution in [3.8, 4) is 5.75 Å². The second-order valence-corrected chi connectivity index (χ2v) is 4.64. The van der Waals surface area contributed by atoms with Gasteiger partial charge < -0.3 is 9.84 Å². The van der Waals surface area contributed by atoms with Crippen LogP contribution in [0.5, 0.6) is 5.75 Å². The number of hydrogen-bond acceptors (Lipinski definition) is 5. The fraction of sp³-hybridized carbons (Fsp3) is 0.462. The fourth-order valence-corrected chi connectivity index (χ4v) is 2.21. The number of likely N-dealkylation sites (tertiary alicyclic amines) is 1. The number of carboxylic acids is 1. The maximum Gasteiger partial charge on any atom is 0.339 e. The Hall–Kier alpha value is -2.15. The average Bonchev–Trinajstić information content (AvgIpc) is 2.91. The largest absolute Gasteiger partial charge is 0.491 e. The molecule has 1 aromatic carbocycles. The van der Waals surface area contributed by atoms with E-state index in [0.717, 1.165) is 38.1 Å². The van der Waals surface area contributed by atoms with E-state index < -0.39 is 10.9 Å². The van der Waals surface area contributed by atoms with Crippen LogP contribution >= 0.6 is 0 Å². The predicted octanol–water partition coefficient (Wildman–Crippen LogP) is 1.77. The molecule has 0 bridgehead atoms. The Morgan fingerprint density at radius 2 is 2.10 bits per heavy atom. The van der Waals surface area contributed by atoms with Crippen LogP contribution in [-0.4, -0.2) is 47.1 Å². The molecule has 1 heterocycles. The molecule has 1 aromatic rings. The lowest BCUT2D eigenvalue weighted by Crippen LogP contribution is -2.25. The Bertz CT molecular complexity index is 511. The van der Waals surface area contributed by atoms with E-state index in [-0.39, 0.29) is 17.0 Å². The average molecular weight is 280 g/mol. The second-order valence-electron chi connectivity index (χ2n) is 4.64. The number of ether oxygens (including phenoxy) is 1. The van der Waals surface area contributed by atoms with Gasteiger partial charge in [-0.05, 0) is 32.0 Å². The first-order valence-corrected chi connectivity index (χ1v) is 6.45. The minimum atomic E-state index is -1.16. The van der Waals surface area contributed by atoms with E-state index >= 15 is 0 Å². The van der Waals surface area contributed by atoms with Crippen LogP contribution in [0.15, 0.2) is 18.2 Å². The van der Waals surface area contributed by atoms with Gasteiger partial charge in [-0.15, -0.1) is 0 Å². The van der Waals surface area contributed by atoms with Gasteiger partial charge in [0, 0.05) is 12.6 Å². The van der Waals surface area contributed by atoms with E-state index in [1.165, 1.54) is 6.07 Å². The first-order valence-electron chi connectivity index (χ1n) is 6.45. The molecule has 20 heavy (non-hydrogen) atoms. The van der Waals surface area contributed by atoms with Crippen molar-refractivity contribution in [2.24, 2.45) is 0 Å². The smallest absolute Gasteiger partial charge is 0.339 e. The molecule has 1 N–H and O–H groups in total. The summed E-state index contributed by atoms with van der Waals surface area (Å²) in [5.41, 5.74) is -0.233. The third-order valence-corrected chi connectivity index (χ3v) is 3.27. The van der Waals surface area contributed by atoms with Crippen LogP contribution in [0.25, 0.3) is 0 Å². The molecular weight excluding hydrogens is 264 g/mol. The molecule has 2 rings (SSSR count). The van der Waals surface area contributed by atoms with E-state index in [9.17, 15) is 14.9 Å². The summed E-state index contributed by atoms with van der Waals surface area (Å²) >= 11 is 0. The molecule has 0 amide bonds. The standard InChI is InChI=1S/C13H16N2O5/c16-13(17)11-4-3-10(15(18)19)9-12(11)20-8-7-14-5-1-2-6-14/h3-4,9H,1-2,5-8H2,(H,16,17). The summed E-state index contributed by atoms with van der Waals surface area (Å²) in [7, 11) is 0. The summed E-state index contributed by atoms with van der Waals surface area (Å²) in [5, 5.41) is 19.8. The van der Waals surface area contributed by atoms with Gasteiger partial charge in [0.25, 0.3) is 5.69 Å². The van der Waals surface area contributed by atoms with Crippen molar-refractivity contribution < 1.29 is 19.6 Å². The van der Waals surface area contributed by atoms with Crippen molar-refractivity contribution in [3.05, 3.63) is 33.9 Å². The Balaban J connectivity index is 2.04. The number of carboxylic acid groups (broad SMARTS) is 1. The monoisotopic (exact) mass is 280 g/mol. The van der Waals surface area contributed by atoms with Crippen LogP contribution in [0.4, 0.5) is 5.69 Å². The lowest BCUT2D eigenvalue weighted by atomic mass is 10.2. The van der Waals surface area contributed by atoms with E-state index in [1.807, 2.05) is 0 Å². The molecule has 1 saturated heterocycles. The Kier molecular flexibility index (Phi) is 4.52. The van der Waals surface area contributed by atoms with Crippen LogP contribution in [0.3, 0.4) is 0 Å². The number of nitrogens with zero attached hydrogens (tertiary/aromatic N) is 2. The lowest BCUT2D eigenvalue weighted by Gasteiger charge is -2.15. The molecule has 0 spiro atoms. The molecule has 7 nitrogen and oxygen atoms in total. The normalized spacial score (nSPS) is 15.2. The first-order chi connectivity index (χ1) is 9.58. The zero-order valence-corrected chi connectivity index (χ0v) is 10.9. The highest BCUT2D eigenvalue weighted by atomic mass is 16.6. The Morgan fingerprint density at radius 3 is 2.70 bits per heavy atom. The second kappa shape index (κ2) is 6.33. The summed E-state index contributed by atoms with van der Waals surface area (Å²) in [6, 6.07) is 3.52. The number of benzene rings is 1. The molecule has 0 radical (unpaired) electrons. The molecular formula is C13H16N2O5. The van der Waals surface area contributed by atoms with Crippen molar-refractivity contribution in [2.75, 3.05) is 26.2 Å². The summed E-state index contributed by atoms with van der Waals surface area (Å²) in [4.78, 5) is 23.4. The third-order valence-electron chi connectivity index (χ3n) is 3.27. The molecule has 1 fully saturated rings. The summed E-state index contributed by atoms with van der Waals surface area (Å²) < 4.78 is 5.42. The molecule has 1 aliphatic heterocycles. The number of hydrogen-bond donors (Lipinski definition) is 1. The molecule has 0 atom stereocenters. The molecule has 0 saturated carbocycles. The zero-order valence-electron chi connectivity index (χ0n) is 10.9. The Labute approximate surface area is 115 Å². The molecule has 0 aromatic heterocycles. The minimum Gasteiger partial charge on any atom is -0.491 e. The fourth-order valence-electron chi connectivity index (χ4n) is 2.21. The van der Waals surface area contributed by atoms with Gasteiger partial charge in [-0.1, -0.05) is 0 Å². The molecule has 0 unspecified atom stereocenters. The SMILES string of the molecule is O=C(O)c1ccc([N+](=O)[O-])cc1OCCN1CCCC1. The number of rotatable bonds is 6. The van der Waals surface area contributed by atoms with Crippen LogP contribution in [0.1, 0.15) is 23.2 Å². The van der Waals surface area contributed by atoms with Gasteiger partial charge in [0.15, 0.2) is 0 Å². The van der Waals surface area contributed by atoms with Gasteiger partial charge in [0.2, 0.25) is 0 Å². The van der Waals surface area contributed by atoms with Crippen LogP contribution in [0.2, 0.25) is 0 Å². The summed E-state index contributed by atoms with van der Waals surface area (Å²) in [6.45, 7) is 3.05. The summed E-state index contributed by atoms with van der Waals surface area (Å²) in [6.07, 6.45) is 2.33. The molecule has 0 aliphatic carbocycles. The van der Waals surface area contributed by atoms with Crippen LogP contribution in [-0.2, 0) is 0 Å². The van der Waals surface area contributed by atoms with Gasteiger partial charge in [0.1, 0.15) is 17.9 Å². The lowest BCUT2D eigenvalue weighted by molar-refractivity contribution is -0.384. The number of aromatic carboxylic acids is 1. The topological polar surface area (TPSA) is 92.9 Å². The van der Waals surface area contributed by atoms with Crippen molar-refractivity contribution in [1.29, 1.82) is 0 Å². The van der Waals surface area contributed by atoms with Gasteiger partial charge in [-0.2, -0.15) is 0 Å². The Morgan fingerprint density at radius 1 is 1.40 bits per heavy atom. The molecule has 108 valence electrons. The van der Waals surface area contributed by atoms with Gasteiger partial charge in [0.05, 0.1) is 11.0 Å². The predicted molar refractivity (Wildman–Crippen MR) is 71.2 cm³/mol. The maximum absolute atomic E-state index is 11.1.